The predicted molar refractivity (Wildman–Crippen MR) is 52.4 cm³/mol. The molecule has 13 heavy (non-hydrogen) atoms. The molecular formula is C10H10N2O. The van der Waals surface area contributed by atoms with Gasteiger partial charge in [-0.3, -0.25) is 4.99 Å². The summed E-state index contributed by atoms with van der Waals surface area (Å²) < 4.78 is 5.13. The van der Waals surface area contributed by atoms with Crippen LogP contribution in [0.2, 0.25) is 0 Å². The van der Waals surface area contributed by atoms with Crippen molar-refractivity contribution in [2.24, 2.45) is 4.99 Å². The van der Waals surface area contributed by atoms with Gasteiger partial charge in [0, 0.05) is 24.2 Å². The monoisotopic (exact) mass is 174 g/mol. The van der Waals surface area contributed by atoms with Crippen molar-refractivity contribution in [2.75, 3.05) is 7.11 Å². The molecule has 1 aromatic heterocycles. The maximum absolute atomic E-state index is 5.13. The van der Waals surface area contributed by atoms with E-state index in [2.05, 4.69) is 9.98 Å². The van der Waals surface area contributed by atoms with E-state index >= 15 is 0 Å². The molecule has 1 aliphatic heterocycles. The van der Waals surface area contributed by atoms with Gasteiger partial charge in [0.15, 0.2) is 0 Å². The summed E-state index contributed by atoms with van der Waals surface area (Å²) in [7, 11) is 1.64. The lowest BCUT2D eigenvalue weighted by Gasteiger charge is -2.00. The minimum atomic E-state index is 0.801. The lowest BCUT2D eigenvalue weighted by molar-refractivity contribution is 0.303. The smallest absolute Gasteiger partial charge is 0.146 e. The van der Waals surface area contributed by atoms with Gasteiger partial charge in [-0.25, -0.2) is 0 Å². The molecule has 1 N–H and O–H groups in total. The number of nitrogens with one attached hydrogen (secondary N) is 1. The lowest BCUT2D eigenvalue weighted by Crippen LogP contribution is -1.85. The quantitative estimate of drug-likeness (QED) is 0.731. The molecule has 0 unspecified atom stereocenters. The van der Waals surface area contributed by atoms with E-state index in [0.29, 0.717) is 0 Å². The van der Waals surface area contributed by atoms with E-state index in [-0.39, 0.29) is 0 Å². The van der Waals surface area contributed by atoms with Gasteiger partial charge >= 0.3 is 0 Å². The number of hydrogen-bond donors (Lipinski definition) is 1. The molecule has 0 spiro atoms. The molecule has 0 aliphatic carbocycles. The summed E-state index contributed by atoms with van der Waals surface area (Å²) in [6.07, 6.45) is 7.39. The van der Waals surface area contributed by atoms with Crippen LogP contribution in [0.5, 0.6) is 0 Å². The standard InChI is InChI=1S/C10H10N2O/c1-13-10-4-6-12-9(10)7-8-3-2-5-11-8/h2-7,11H,1H3/b9-7-. The maximum Gasteiger partial charge on any atom is 0.146 e. The normalized spacial score (nSPS) is 17.9. The van der Waals surface area contributed by atoms with Gasteiger partial charge in [-0.2, -0.15) is 0 Å². The van der Waals surface area contributed by atoms with E-state index in [9.17, 15) is 0 Å². The highest BCUT2D eigenvalue weighted by Gasteiger charge is 2.07. The summed E-state index contributed by atoms with van der Waals surface area (Å²) in [6.45, 7) is 0. The summed E-state index contributed by atoms with van der Waals surface area (Å²) >= 11 is 0. The van der Waals surface area contributed by atoms with Gasteiger partial charge in [0.1, 0.15) is 11.5 Å². The van der Waals surface area contributed by atoms with Crippen molar-refractivity contribution >= 4 is 12.3 Å². The fourth-order valence-corrected chi connectivity index (χ4v) is 1.20. The average molecular weight is 174 g/mol. The van der Waals surface area contributed by atoms with Crippen LogP contribution < -0.4 is 0 Å². The number of hydrogen-bond acceptors (Lipinski definition) is 2. The number of aliphatic imine (C=N–C) groups is 1. The largest absolute Gasteiger partial charge is 0.494 e. The second kappa shape index (κ2) is 3.31. The van der Waals surface area contributed by atoms with Gasteiger partial charge in [-0.1, -0.05) is 0 Å². The van der Waals surface area contributed by atoms with Gasteiger partial charge in [0.05, 0.1) is 7.11 Å². The van der Waals surface area contributed by atoms with Crippen LogP contribution in [0.25, 0.3) is 6.08 Å². The zero-order valence-electron chi connectivity index (χ0n) is 7.32. The second-order valence-corrected chi connectivity index (χ2v) is 2.67. The van der Waals surface area contributed by atoms with Crippen LogP contribution in [0, 0.1) is 0 Å². The summed E-state index contributed by atoms with van der Waals surface area (Å²) in [6, 6.07) is 3.93. The number of aromatic nitrogens is 1. The van der Waals surface area contributed by atoms with E-state index in [1.165, 1.54) is 0 Å². The molecule has 0 radical (unpaired) electrons. The molecule has 1 aromatic rings. The van der Waals surface area contributed by atoms with Crippen LogP contribution >= 0.6 is 0 Å². The fourth-order valence-electron chi connectivity index (χ4n) is 1.20. The van der Waals surface area contributed by atoms with E-state index in [0.717, 1.165) is 17.2 Å². The molecule has 0 aromatic carbocycles. The first-order valence-electron chi connectivity index (χ1n) is 4.04. The van der Waals surface area contributed by atoms with Gasteiger partial charge in [0.25, 0.3) is 0 Å². The maximum atomic E-state index is 5.13. The number of nitrogens with zero attached hydrogens (tertiary/aromatic N) is 1. The average Bonchev–Trinajstić information content (AvgIpc) is 2.76. The van der Waals surface area contributed by atoms with Crippen LogP contribution in [0.1, 0.15) is 5.69 Å². The second-order valence-electron chi connectivity index (χ2n) is 2.67. The minimum absolute atomic E-state index is 0.801. The Morgan fingerprint density at radius 3 is 3.15 bits per heavy atom. The van der Waals surface area contributed by atoms with Crippen molar-refractivity contribution in [3.63, 3.8) is 0 Å². The van der Waals surface area contributed by atoms with Gasteiger partial charge in [-0.15, -0.1) is 0 Å². The lowest BCUT2D eigenvalue weighted by atomic mass is 10.3. The van der Waals surface area contributed by atoms with Crippen molar-refractivity contribution in [1.82, 2.24) is 4.98 Å². The van der Waals surface area contributed by atoms with Crippen molar-refractivity contribution < 1.29 is 4.74 Å². The number of methoxy groups -OCH3 is 1. The first-order chi connectivity index (χ1) is 6.40. The van der Waals surface area contributed by atoms with Gasteiger partial charge < -0.3 is 9.72 Å². The summed E-state index contributed by atoms with van der Waals surface area (Å²) in [5, 5.41) is 0. The number of aromatic amines is 1. The Hall–Kier alpha value is -1.77. The highest BCUT2D eigenvalue weighted by atomic mass is 16.5. The number of rotatable bonds is 2. The van der Waals surface area contributed by atoms with E-state index in [1.54, 1.807) is 13.3 Å². The molecule has 0 fully saturated rings. The molecule has 0 saturated heterocycles. The Bertz CT molecular complexity index is 372. The Morgan fingerprint density at radius 1 is 1.54 bits per heavy atom. The zero-order valence-corrected chi connectivity index (χ0v) is 7.32. The third-order valence-electron chi connectivity index (χ3n) is 1.83. The predicted octanol–water partition coefficient (Wildman–Crippen LogP) is 1.97. The number of H-pyrrole nitrogens is 1. The fraction of sp³-hybridized carbons (Fsp3) is 0.100. The van der Waals surface area contributed by atoms with Crippen molar-refractivity contribution in [3.8, 4) is 0 Å². The molecular weight excluding hydrogens is 164 g/mol. The number of ether oxygens (including phenoxy) is 1. The highest BCUT2D eigenvalue weighted by molar-refractivity contribution is 5.80. The van der Waals surface area contributed by atoms with Gasteiger partial charge in [-0.05, 0) is 18.2 Å². The SMILES string of the molecule is COC1=CC=N/C1=C\c1ccc[nH]1. The van der Waals surface area contributed by atoms with Crippen molar-refractivity contribution in [1.29, 1.82) is 0 Å². The molecule has 0 amide bonds. The van der Waals surface area contributed by atoms with Crippen LogP contribution in [0.4, 0.5) is 0 Å². The molecule has 0 bridgehead atoms. The molecule has 0 atom stereocenters. The zero-order chi connectivity index (χ0) is 9.10. The van der Waals surface area contributed by atoms with Crippen molar-refractivity contribution in [2.45, 2.75) is 0 Å². The van der Waals surface area contributed by atoms with Crippen LogP contribution in [0.3, 0.4) is 0 Å². The molecule has 3 heteroatoms. The van der Waals surface area contributed by atoms with Crippen LogP contribution in [-0.2, 0) is 4.74 Å². The Balaban J connectivity index is 2.27. The first-order valence-corrected chi connectivity index (χ1v) is 4.04. The summed E-state index contributed by atoms with van der Waals surface area (Å²) in [5.41, 5.74) is 1.88. The summed E-state index contributed by atoms with van der Waals surface area (Å²) in [5.74, 6) is 0.801. The van der Waals surface area contributed by atoms with Crippen LogP contribution in [-0.4, -0.2) is 18.3 Å². The molecule has 66 valence electrons. The van der Waals surface area contributed by atoms with E-state index in [4.69, 9.17) is 4.74 Å². The topological polar surface area (TPSA) is 37.4 Å². The van der Waals surface area contributed by atoms with E-state index in [1.807, 2.05) is 30.5 Å². The van der Waals surface area contributed by atoms with E-state index < -0.39 is 0 Å². The first kappa shape index (κ1) is 7.86. The Kier molecular flexibility index (Phi) is 2.00. The summed E-state index contributed by atoms with van der Waals surface area (Å²) in [4.78, 5) is 7.24. The Morgan fingerprint density at radius 2 is 2.46 bits per heavy atom. The molecule has 2 heterocycles. The molecule has 1 aliphatic rings. The molecule has 0 saturated carbocycles. The third-order valence-corrected chi connectivity index (χ3v) is 1.83. The molecule has 3 nitrogen and oxygen atoms in total. The highest BCUT2D eigenvalue weighted by Crippen LogP contribution is 2.18. The number of allylic oxidation sites excluding steroid dienone is 1. The van der Waals surface area contributed by atoms with Crippen molar-refractivity contribution in [3.05, 3.63) is 41.6 Å². The Labute approximate surface area is 76.5 Å². The third kappa shape index (κ3) is 1.54. The van der Waals surface area contributed by atoms with Gasteiger partial charge in [0.2, 0.25) is 0 Å². The minimum Gasteiger partial charge on any atom is -0.494 e. The van der Waals surface area contributed by atoms with Crippen LogP contribution in [0.15, 0.2) is 40.9 Å². The molecule has 2 rings (SSSR count).